The molecule has 0 bridgehead atoms. The van der Waals surface area contributed by atoms with E-state index in [1.54, 1.807) is 0 Å². The molecule has 1 aliphatic heterocycles. The summed E-state index contributed by atoms with van der Waals surface area (Å²) >= 11 is 0. The molecule has 1 fully saturated rings. The SMILES string of the molecule is CCC(CC#N)N1CCN(C)C(C)(C)C1. The van der Waals surface area contributed by atoms with Crippen LogP contribution in [0.25, 0.3) is 0 Å². The first-order valence-corrected chi connectivity index (χ1v) is 5.83. The lowest BCUT2D eigenvalue weighted by atomic mass is 9.97. The quantitative estimate of drug-likeness (QED) is 0.709. The van der Waals surface area contributed by atoms with Crippen molar-refractivity contribution in [3.8, 4) is 6.07 Å². The maximum absolute atomic E-state index is 8.79. The van der Waals surface area contributed by atoms with Crippen molar-refractivity contribution >= 4 is 0 Å². The van der Waals surface area contributed by atoms with E-state index < -0.39 is 0 Å². The summed E-state index contributed by atoms with van der Waals surface area (Å²) in [4.78, 5) is 4.88. The van der Waals surface area contributed by atoms with E-state index in [1.807, 2.05) is 0 Å². The van der Waals surface area contributed by atoms with Crippen LogP contribution in [-0.2, 0) is 0 Å². The topological polar surface area (TPSA) is 30.3 Å². The van der Waals surface area contributed by atoms with Gasteiger partial charge in [0.2, 0.25) is 0 Å². The van der Waals surface area contributed by atoms with Crippen molar-refractivity contribution in [2.75, 3.05) is 26.7 Å². The number of hydrogen-bond donors (Lipinski definition) is 0. The first-order chi connectivity index (χ1) is 7.01. The highest BCUT2D eigenvalue weighted by Gasteiger charge is 2.33. The molecule has 0 spiro atoms. The van der Waals surface area contributed by atoms with Gasteiger partial charge >= 0.3 is 0 Å². The Kier molecular flexibility index (Phi) is 4.12. The molecule has 0 radical (unpaired) electrons. The zero-order valence-corrected chi connectivity index (χ0v) is 10.5. The lowest BCUT2D eigenvalue weighted by molar-refractivity contribution is 0.0167. The number of piperazine rings is 1. The first-order valence-electron chi connectivity index (χ1n) is 5.83. The Morgan fingerprint density at radius 3 is 2.53 bits per heavy atom. The molecule has 1 saturated heterocycles. The van der Waals surface area contributed by atoms with Crippen LogP contribution in [0.15, 0.2) is 0 Å². The second-order valence-corrected chi connectivity index (χ2v) is 5.13. The number of nitrogens with zero attached hydrogens (tertiary/aromatic N) is 3. The van der Waals surface area contributed by atoms with E-state index in [0.29, 0.717) is 12.5 Å². The lowest BCUT2D eigenvalue weighted by Gasteiger charge is -2.47. The summed E-state index contributed by atoms with van der Waals surface area (Å²) in [5, 5.41) is 8.79. The number of hydrogen-bond acceptors (Lipinski definition) is 3. The first kappa shape index (κ1) is 12.5. The average molecular weight is 209 g/mol. The molecule has 0 aromatic rings. The van der Waals surface area contributed by atoms with Crippen molar-refractivity contribution < 1.29 is 0 Å². The highest BCUT2D eigenvalue weighted by atomic mass is 15.3. The van der Waals surface area contributed by atoms with E-state index in [1.165, 1.54) is 0 Å². The van der Waals surface area contributed by atoms with Crippen LogP contribution in [0.5, 0.6) is 0 Å². The Morgan fingerprint density at radius 1 is 1.40 bits per heavy atom. The Bertz CT molecular complexity index is 242. The number of nitriles is 1. The van der Waals surface area contributed by atoms with Gasteiger partial charge in [0, 0.05) is 31.2 Å². The summed E-state index contributed by atoms with van der Waals surface area (Å²) < 4.78 is 0. The third kappa shape index (κ3) is 2.93. The van der Waals surface area contributed by atoms with Gasteiger partial charge in [0.1, 0.15) is 0 Å². The van der Waals surface area contributed by atoms with Gasteiger partial charge in [-0.05, 0) is 27.3 Å². The van der Waals surface area contributed by atoms with Crippen molar-refractivity contribution in [1.29, 1.82) is 5.26 Å². The Labute approximate surface area is 93.7 Å². The predicted octanol–water partition coefficient (Wildman–Crippen LogP) is 1.70. The number of likely N-dealkylation sites (N-methyl/N-ethyl adjacent to an activating group) is 1. The highest BCUT2D eigenvalue weighted by molar-refractivity contribution is 4.92. The molecular weight excluding hydrogens is 186 g/mol. The molecule has 15 heavy (non-hydrogen) atoms. The molecule has 1 atom stereocenters. The second kappa shape index (κ2) is 4.96. The van der Waals surface area contributed by atoms with Gasteiger partial charge in [0.25, 0.3) is 0 Å². The van der Waals surface area contributed by atoms with Gasteiger partial charge in [0.05, 0.1) is 12.5 Å². The molecule has 1 rings (SSSR count). The molecule has 3 heteroatoms. The van der Waals surface area contributed by atoms with Gasteiger partial charge in [-0.3, -0.25) is 9.80 Å². The third-order valence-corrected chi connectivity index (χ3v) is 3.66. The van der Waals surface area contributed by atoms with Crippen LogP contribution in [0.1, 0.15) is 33.6 Å². The van der Waals surface area contributed by atoms with Crippen LogP contribution in [0.2, 0.25) is 0 Å². The van der Waals surface area contributed by atoms with Crippen molar-refractivity contribution in [3.63, 3.8) is 0 Å². The molecule has 3 nitrogen and oxygen atoms in total. The average Bonchev–Trinajstić information content (AvgIpc) is 2.18. The van der Waals surface area contributed by atoms with Gasteiger partial charge in [-0.1, -0.05) is 6.92 Å². The summed E-state index contributed by atoms with van der Waals surface area (Å²) in [5.74, 6) is 0. The van der Waals surface area contributed by atoms with Crippen molar-refractivity contribution in [1.82, 2.24) is 9.80 Å². The summed E-state index contributed by atoms with van der Waals surface area (Å²) in [6, 6.07) is 2.75. The van der Waals surface area contributed by atoms with E-state index in [0.717, 1.165) is 26.1 Å². The predicted molar refractivity (Wildman–Crippen MR) is 62.6 cm³/mol. The van der Waals surface area contributed by atoms with Crippen LogP contribution in [0.4, 0.5) is 0 Å². The molecule has 1 heterocycles. The molecule has 0 saturated carbocycles. The van der Waals surface area contributed by atoms with Crippen molar-refractivity contribution in [2.24, 2.45) is 0 Å². The van der Waals surface area contributed by atoms with Crippen LogP contribution in [0, 0.1) is 11.3 Å². The van der Waals surface area contributed by atoms with Crippen LogP contribution in [0.3, 0.4) is 0 Å². The molecule has 1 aliphatic rings. The molecule has 0 aromatic heterocycles. The Hall–Kier alpha value is -0.590. The highest BCUT2D eigenvalue weighted by Crippen LogP contribution is 2.22. The summed E-state index contributed by atoms with van der Waals surface area (Å²) in [6.07, 6.45) is 1.74. The van der Waals surface area contributed by atoms with E-state index >= 15 is 0 Å². The minimum atomic E-state index is 0.237. The largest absolute Gasteiger partial charge is 0.299 e. The van der Waals surface area contributed by atoms with Gasteiger partial charge in [-0.25, -0.2) is 0 Å². The van der Waals surface area contributed by atoms with Gasteiger partial charge < -0.3 is 0 Å². The molecule has 0 aliphatic carbocycles. The fourth-order valence-electron chi connectivity index (χ4n) is 2.23. The van der Waals surface area contributed by atoms with Gasteiger partial charge in [-0.15, -0.1) is 0 Å². The minimum absolute atomic E-state index is 0.237. The Morgan fingerprint density at radius 2 is 2.07 bits per heavy atom. The molecule has 0 aromatic carbocycles. The summed E-state index contributed by atoms with van der Waals surface area (Å²) in [5.41, 5.74) is 0.237. The van der Waals surface area contributed by atoms with Crippen LogP contribution >= 0.6 is 0 Å². The maximum atomic E-state index is 8.79. The summed E-state index contributed by atoms with van der Waals surface area (Å²) in [7, 11) is 2.18. The van der Waals surface area contributed by atoms with E-state index in [4.69, 9.17) is 5.26 Å². The zero-order chi connectivity index (χ0) is 11.5. The van der Waals surface area contributed by atoms with Crippen LogP contribution in [-0.4, -0.2) is 48.1 Å². The smallest absolute Gasteiger partial charge is 0.0638 e. The van der Waals surface area contributed by atoms with E-state index in [-0.39, 0.29) is 5.54 Å². The zero-order valence-electron chi connectivity index (χ0n) is 10.5. The normalized spacial score (nSPS) is 24.7. The molecule has 86 valence electrons. The summed E-state index contributed by atoms with van der Waals surface area (Å²) in [6.45, 7) is 10.0. The van der Waals surface area contributed by atoms with Crippen LogP contribution < -0.4 is 0 Å². The molecule has 1 unspecified atom stereocenters. The van der Waals surface area contributed by atoms with Crippen molar-refractivity contribution in [3.05, 3.63) is 0 Å². The molecule has 0 N–H and O–H groups in total. The van der Waals surface area contributed by atoms with Gasteiger partial charge in [-0.2, -0.15) is 5.26 Å². The third-order valence-electron chi connectivity index (χ3n) is 3.66. The molecule has 0 amide bonds. The fourth-order valence-corrected chi connectivity index (χ4v) is 2.23. The number of rotatable bonds is 3. The standard InChI is InChI=1S/C12H23N3/c1-5-11(6-7-13)15-9-8-14(4)12(2,3)10-15/h11H,5-6,8-10H2,1-4H3. The van der Waals surface area contributed by atoms with E-state index in [2.05, 4.69) is 43.7 Å². The van der Waals surface area contributed by atoms with Crippen molar-refractivity contribution in [2.45, 2.75) is 45.2 Å². The maximum Gasteiger partial charge on any atom is 0.0638 e. The molecular formula is C12H23N3. The van der Waals surface area contributed by atoms with E-state index in [9.17, 15) is 0 Å². The monoisotopic (exact) mass is 209 g/mol. The minimum Gasteiger partial charge on any atom is -0.299 e. The Balaban J connectivity index is 2.61. The fraction of sp³-hybridized carbons (Fsp3) is 0.917. The lowest BCUT2D eigenvalue weighted by Crippen LogP contribution is -2.59. The van der Waals surface area contributed by atoms with Gasteiger partial charge in [0.15, 0.2) is 0 Å². The second-order valence-electron chi connectivity index (χ2n) is 5.13.